The van der Waals surface area contributed by atoms with Crippen molar-refractivity contribution >= 4 is 27.5 Å². The van der Waals surface area contributed by atoms with Crippen molar-refractivity contribution in [1.29, 1.82) is 0 Å². The number of aryl methyl sites for hydroxylation is 2. The summed E-state index contributed by atoms with van der Waals surface area (Å²) >= 11 is 3.32. The molecular weight excluding hydrogens is 306 g/mol. The first-order chi connectivity index (χ1) is 8.99. The Bertz CT molecular complexity index is 586. The number of nitrogens with zero attached hydrogens (tertiary/aromatic N) is 2. The quantitative estimate of drug-likeness (QED) is 0.941. The van der Waals surface area contributed by atoms with Gasteiger partial charge < -0.3 is 5.32 Å². The molecule has 100 valence electrons. The van der Waals surface area contributed by atoms with Gasteiger partial charge in [-0.25, -0.2) is 0 Å². The van der Waals surface area contributed by atoms with E-state index in [0.29, 0.717) is 0 Å². The van der Waals surface area contributed by atoms with Crippen LogP contribution in [-0.4, -0.2) is 15.7 Å². The number of amides is 1. The van der Waals surface area contributed by atoms with Crippen LogP contribution in [0.15, 0.2) is 35.1 Å². The van der Waals surface area contributed by atoms with Crippen LogP contribution < -0.4 is 5.32 Å². The summed E-state index contributed by atoms with van der Waals surface area (Å²) in [5.74, 6) is -0.0759. The van der Waals surface area contributed by atoms with Gasteiger partial charge in [0, 0.05) is 11.9 Å². The molecule has 0 fully saturated rings. The van der Waals surface area contributed by atoms with Crippen molar-refractivity contribution < 1.29 is 4.79 Å². The van der Waals surface area contributed by atoms with Gasteiger partial charge >= 0.3 is 0 Å². The molecule has 0 aliphatic rings. The third-order valence-electron chi connectivity index (χ3n) is 3.08. The molecular formula is C14H16BrN3O. The molecule has 1 amide bonds. The van der Waals surface area contributed by atoms with E-state index in [2.05, 4.69) is 26.3 Å². The molecule has 1 N–H and O–H groups in total. The first-order valence-corrected chi connectivity index (χ1v) is 6.85. The maximum Gasteiger partial charge on any atom is 0.248 e. The van der Waals surface area contributed by atoms with E-state index in [1.165, 1.54) is 0 Å². The zero-order valence-corrected chi connectivity index (χ0v) is 12.7. The lowest BCUT2D eigenvalue weighted by Gasteiger charge is -2.15. The third kappa shape index (κ3) is 3.04. The number of benzene rings is 1. The lowest BCUT2D eigenvalue weighted by molar-refractivity contribution is -0.119. The molecule has 4 nitrogen and oxygen atoms in total. The first kappa shape index (κ1) is 13.8. The van der Waals surface area contributed by atoms with Crippen molar-refractivity contribution in [3.8, 4) is 0 Å². The summed E-state index contributed by atoms with van der Waals surface area (Å²) in [4.78, 5) is 12.2. The average Bonchev–Trinajstić information content (AvgIpc) is 2.79. The number of hydrogen-bond donors (Lipinski definition) is 1. The molecule has 1 heterocycles. The number of anilines is 1. The predicted molar refractivity (Wildman–Crippen MR) is 79.2 cm³/mol. The Labute approximate surface area is 120 Å². The molecule has 0 radical (unpaired) electrons. The van der Waals surface area contributed by atoms with Crippen molar-refractivity contribution in [3.63, 3.8) is 0 Å². The van der Waals surface area contributed by atoms with Crippen LogP contribution in [0.1, 0.15) is 24.1 Å². The zero-order valence-electron chi connectivity index (χ0n) is 11.1. The second-order valence-electron chi connectivity index (χ2n) is 4.57. The monoisotopic (exact) mass is 321 g/mol. The largest absolute Gasteiger partial charge is 0.324 e. The van der Waals surface area contributed by atoms with Gasteiger partial charge in [0.05, 0.1) is 10.7 Å². The van der Waals surface area contributed by atoms with E-state index in [1.54, 1.807) is 17.1 Å². The van der Waals surface area contributed by atoms with Gasteiger partial charge in [0.15, 0.2) is 0 Å². The molecule has 2 rings (SSSR count). The molecule has 1 aromatic heterocycles. The molecule has 0 saturated carbocycles. The zero-order chi connectivity index (χ0) is 14.0. The minimum Gasteiger partial charge on any atom is -0.324 e. The van der Waals surface area contributed by atoms with Gasteiger partial charge in [-0.3, -0.25) is 9.48 Å². The van der Waals surface area contributed by atoms with Crippen LogP contribution in [0.4, 0.5) is 5.69 Å². The summed E-state index contributed by atoms with van der Waals surface area (Å²) in [6.07, 6.45) is 3.46. The summed E-state index contributed by atoms with van der Waals surface area (Å²) in [5.41, 5.74) is 3.00. The summed E-state index contributed by atoms with van der Waals surface area (Å²) in [5, 5.41) is 7.10. The summed E-state index contributed by atoms with van der Waals surface area (Å²) in [6, 6.07) is 5.59. The Hall–Kier alpha value is -1.62. The lowest BCUT2D eigenvalue weighted by atomic mass is 10.1. The highest BCUT2D eigenvalue weighted by molar-refractivity contribution is 9.10. The topological polar surface area (TPSA) is 46.9 Å². The molecule has 0 aliphatic carbocycles. The van der Waals surface area contributed by atoms with Crippen LogP contribution in [0.3, 0.4) is 0 Å². The molecule has 19 heavy (non-hydrogen) atoms. The summed E-state index contributed by atoms with van der Waals surface area (Å²) in [6.45, 7) is 5.79. The molecule has 1 unspecified atom stereocenters. The predicted octanol–water partition coefficient (Wildman–Crippen LogP) is 3.46. The molecule has 1 aromatic carbocycles. The van der Waals surface area contributed by atoms with E-state index >= 15 is 0 Å². The van der Waals surface area contributed by atoms with E-state index in [0.717, 1.165) is 21.3 Å². The standard InChI is InChI=1S/C14H16BrN3O/c1-9-5-4-6-10(2)13(9)17-14(19)11(3)18-8-12(15)7-16-18/h4-8,11H,1-3H3,(H,17,19). The molecule has 2 aromatic rings. The number of carbonyl (C=O) groups excluding carboxylic acids is 1. The van der Waals surface area contributed by atoms with E-state index in [9.17, 15) is 4.79 Å². The van der Waals surface area contributed by atoms with Crippen LogP contribution in [0.2, 0.25) is 0 Å². The van der Waals surface area contributed by atoms with Crippen LogP contribution >= 0.6 is 15.9 Å². The van der Waals surface area contributed by atoms with Crippen LogP contribution in [0, 0.1) is 13.8 Å². The molecule has 0 aliphatic heterocycles. The fourth-order valence-corrected chi connectivity index (χ4v) is 2.19. The molecule has 0 bridgehead atoms. The lowest BCUT2D eigenvalue weighted by Crippen LogP contribution is -2.24. The van der Waals surface area contributed by atoms with Crippen molar-refractivity contribution in [2.75, 3.05) is 5.32 Å². The van der Waals surface area contributed by atoms with E-state index < -0.39 is 0 Å². The molecule has 1 atom stereocenters. The summed E-state index contributed by atoms with van der Waals surface area (Å²) < 4.78 is 2.49. The van der Waals surface area contributed by atoms with Gasteiger partial charge in [-0.15, -0.1) is 0 Å². The van der Waals surface area contributed by atoms with Crippen molar-refractivity contribution in [2.45, 2.75) is 26.8 Å². The number of carbonyl (C=O) groups is 1. The minimum absolute atomic E-state index is 0.0759. The second-order valence-corrected chi connectivity index (χ2v) is 5.49. The maximum absolute atomic E-state index is 12.2. The normalized spacial score (nSPS) is 12.2. The Morgan fingerprint density at radius 1 is 1.37 bits per heavy atom. The highest BCUT2D eigenvalue weighted by Crippen LogP contribution is 2.21. The highest BCUT2D eigenvalue weighted by atomic mass is 79.9. The second kappa shape index (κ2) is 5.57. The number of halogens is 1. The van der Waals surface area contributed by atoms with E-state index in [1.807, 2.05) is 39.0 Å². The summed E-state index contributed by atoms with van der Waals surface area (Å²) in [7, 11) is 0. The van der Waals surface area contributed by atoms with Gasteiger partial charge in [-0.1, -0.05) is 18.2 Å². The smallest absolute Gasteiger partial charge is 0.248 e. The number of para-hydroxylation sites is 1. The van der Waals surface area contributed by atoms with Crippen molar-refractivity contribution in [2.24, 2.45) is 0 Å². The number of rotatable bonds is 3. The average molecular weight is 322 g/mol. The highest BCUT2D eigenvalue weighted by Gasteiger charge is 2.17. The third-order valence-corrected chi connectivity index (χ3v) is 3.49. The van der Waals surface area contributed by atoms with Gasteiger partial charge in [0.1, 0.15) is 6.04 Å². The van der Waals surface area contributed by atoms with Gasteiger partial charge in [0.25, 0.3) is 0 Å². The molecule has 5 heteroatoms. The number of aromatic nitrogens is 2. The van der Waals surface area contributed by atoms with Crippen molar-refractivity contribution in [1.82, 2.24) is 9.78 Å². The number of hydrogen-bond acceptors (Lipinski definition) is 2. The van der Waals surface area contributed by atoms with Crippen LogP contribution in [-0.2, 0) is 4.79 Å². The minimum atomic E-state index is -0.356. The Kier molecular flexibility index (Phi) is 4.04. The Morgan fingerprint density at radius 3 is 2.53 bits per heavy atom. The van der Waals surface area contributed by atoms with Gasteiger partial charge in [-0.05, 0) is 47.8 Å². The maximum atomic E-state index is 12.2. The first-order valence-electron chi connectivity index (χ1n) is 6.06. The Morgan fingerprint density at radius 2 is 2.00 bits per heavy atom. The van der Waals surface area contributed by atoms with Gasteiger partial charge in [-0.2, -0.15) is 5.10 Å². The van der Waals surface area contributed by atoms with E-state index in [4.69, 9.17) is 0 Å². The molecule has 0 saturated heterocycles. The molecule has 0 spiro atoms. The Balaban J connectivity index is 2.17. The van der Waals surface area contributed by atoms with Crippen LogP contribution in [0.25, 0.3) is 0 Å². The SMILES string of the molecule is Cc1cccc(C)c1NC(=O)C(C)n1cc(Br)cn1. The van der Waals surface area contributed by atoms with Crippen molar-refractivity contribution in [3.05, 3.63) is 46.2 Å². The van der Waals surface area contributed by atoms with Gasteiger partial charge in [0.2, 0.25) is 5.91 Å². The number of nitrogens with one attached hydrogen (secondary N) is 1. The van der Waals surface area contributed by atoms with E-state index in [-0.39, 0.29) is 11.9 Å². The van der Waals surface area contributed by atoms with Crippen LogP contribution in [0.5, 0.6) is 0 Å². The fraction of sp³-hybridized carbons (Fsp3) is 0.286. The fourth-order valence-electron chi connectivity index (χ4n) is 1.89.